The summed E-state index contributed by atoms with van der Waals surface area (Å²) in [7, 11) is 1.42. The van der Waals surface area contributed by atoms with Gasteiger partial charge in [0.15, 0.2) is 18.1 Å². The Kier molecular flexibility index (Phi) is 7.52. The fourth-order valence-corrected chi connectivity index (χ4v) is 1.51. The molecular weight excluding hydrogens is 312 g/mol. The molecule has 126 valence electrons. The Bertz CT molecular complexity index is 575. The summed E-state index contributed by atoms with van der Waals surface area (Å²) < 4.78 is 38.8. The van der Waals surface area contributed by atoms with Crippen LogP contribution in [0.4, 0.5) is 8.78 Å². The molecule has 0 bridgehead atoms. The number of esters is 1. The summed E-state index contributed by atoms with van der Waals surface area (Å²) in [5.41, 5.74) is 0.520. The third-order valence-electron chi connectivity index (χ3n) is 2.52. The number of rotatable bonds is 8. The zero-order chi connectivity index (χ0) is 17.2. The second kappa shape index (κ2) is 9.39. The van der Waals surface area contributed by atoms with E-state index in [1.165, 1.54) is 31.3 Å². The summed E-state index contributed by atoms with van der Waals surface area (Å²) in [6.07, 6.45) is 2.52. The van der Waals surface area contributed by atoms with Crippen LogP contribution in [0.25, 0.3) is 6.08 Å². The normalized spacial score (nSPS) is 10.7. The van der Waals surface area contributed by atoms with Gasteiger partial charge >= 0.3 is 12.6 Å². The Labute approximate surface area is 132 Å². The Hall–Kier alpha value is -2.64. The highest BCUT2D eigenvalue weighted by Crippen LogP contribution is 2.30. The Balaban J connectivity index is 2.76. The minimum atomic E-state index is -2.96. The Morgan fingerprint density at radius 1 is 1.30 bits per heavy atom. The predicted molar refractivity (Wildman–Crippen MR) is 78.3 cm³/mol. The second-order valence-electron chi connectivity index (χ2n) is 4.13. The topological polar surface area (TPSA) is 73.9 Å². The van der Waals surface area contributed by atoms with Crippen LogP contribution in [0, 0.1) is 0 Å². The maximum Gasteiger partial charge on any atom is 0.387 e. The van der Waals surface area contributed by atoms with Gasteiger partial charge in [-0.05, 0) is 30.7 Å². The first kappa shape index (κ1) is 18.4. The third-order valence-corrected chi connectivity index (χ3v) is 2.52. The molecule has 8 heteroatoms. The summed E-state index contributed by atoms with van der Waals surface area (Å²) in [5.74, 6) is -1.10. The first-order valence-electron chi connectivity index (χ1n) is 6.73. The smallest absolute Gasteiger partial charge is 0.387 e. The summed E-state index contributed by atoms with van der Waals surface area (Å²) in [4.78, 5) is 22.3. The van der Waals surface area contributed by atoms with Crippen molar-refractivity contribution in [1.29, 1.82) is 0 Å². The molecule has 0 radical (unpaired) electrons. The minimum Gasteiger partial charge on any atom is -0.490 e. The monoisotopic (exact) mass is 329 g/mol. The van der Waals surface area contributed by atoms with Gasteiger partial charge in [0.05, 0.1) is 6.61 Å². The maximum absolute atomic E-state index is 12.3. The van der Waals surface area contributed by atoms with Crippen molar-refractivity contribution < 1.29 is 32.6 Å². The summed E-state index contributed by atoms with van der Waals surface area (Å²) in [5, 5.41) is 2.31. The Morgan fingerprint density at radius 2 is 2.04 bits per heavy atom. The van der Waals surface area contributed by atoms with E-state index < -0.39 is 18.5 Å². The number of hydrogen-bond donors (Lipinski definition) is 1. The second-order valence-corrected chi connectivity index (χ2v) is 4.13. The van der Waals surface area contributed by atoms with Crippen molar-refractivity contribution in [3.63, 3.8) is 0 Å². The molecule has 0 aliphatic heterocycles. The molecule has 1 rings (SSSR count). The van der Waals surface area contributed by atoms with Crippen molar-refractivity contribution in [3.8, 4) is 11.5 Å². The number of benzene rings is 1. The van der Waals surface area contributed by atoms with E-state index in [0.717, 1.165) is 6.08 Å². The lowest BCUT2D eigenvalue weighted by atomic mass is 10.2. The molecule has 23 heavy (non-hydrogen) atoms. The average Bonchev–Trinajstić information content (AvgIpc) is 2.52. The lowest BCUT2D eigenvalue weighted by Crippen LogP contribution is -2.24. The van der Waals surface area contributed by atoms with Crippen molar-refractivity contribution in [2.75, 3.05) is 20.3 Å². The van der Waals surface area contributed by atoms with Crippen LogP contribution in [0.5, 0.6) is 11.5 Å². The number of halogens is 2. The van der Waals surface area contributed by atoms with E-state index >= 15 is 0 Å². The van der Waals surface area contributed by atoms with Gasteiger partial charge in [-0.2, -0.15) is 8.78 Å². The molecule has 0 heterocycles. The van der Waals surface area contributed by atoms with E-state index in [0.29, 0.717) is 5.56 Å². The third kappa shape index (κ3) is 6.77. The number of carbonyl (C=O) groups excluding carboxylic acids is 2. The lowest BCUT2D eigenvalue weighted by molar-refractivity contribution is -0.143. The predicted octanol–water partition coefficient (Wildman–Crippen LogP) is 1.99. The van der Waals surface area contributed by atoms with Gasteiger partial charge in [0.25, 0.3) is 5.91 Å². The Morgan fingerprint density at radius 3 is 2.65 bits per heavy atom. The average molecular weight is 329 g/mol. The molecule has 1 amide bonds. The molecule has 1 N–H and O–H groups in total. The summed E-state index contributed by atoms with van der Waals surface area (Å²) >= 11 is 0. The molecule has 0 spiro atoms. The van der Waals surface area contributed by atoms with Crippen LogP contribution >= 0.6 is 0 Å². The molecule has 0 saturated carbocycles. The van der Waals surface area contributed by atoms with E-state index in [2.05, 4.69) is 14.8 Å². The molecule has 6 nitrogen and oxygen atoms in total. The fraction of sp³-hybridized carbons (Fsp3) is 0.333. The summed E-state index contributed by atoms with van der Waals surface area (Å²) in [6.45, 7) is -1.38. The van der Waals surface area contributed by atoms with Gasteiger partial charge in [-0.3, -0.25) is 4.79 Å². The molecule has 0 aliphatic rings. The van der Waals surface area contributed by atoms with Gasteiger partial charge in [-0.1, -0.05) is 6.07 Å². The molecule has 0 unspecified atom stereocenters. The quantitative estimate of drug-likeness (QED) is 0.583. The largest absolute Gasteiger partial charge is 0.490 e. The van der Waals surface area contributed by atoms with Crippen LogP contribution in [0.2, 0.25) is 0 Å². The van der Waals surface area contributed by atoms with E-state index in [1.54, 1.807) is 6.92 Å². The molecule has 0 fully saturated rings. The number of nitrogens with one attached hydrogen (secondary N) is 1. The van der Waals surface area contributed by atoms with Crippen molar-refractivity contribution >= 4 is 18.0 Å². The first-order chi connectivity index (χ1) is 11.0. The number of alkyl halides is 2. The van der Waals surface area contributed by atoms with E-state index in [4.69, 9.17) is 4.74 Å². The molecule has 1 aromatic rings. The number of ether oxygens (including phenoxy) is 3. The number of likely N-dealkylation sites (N-methyl/N-ethyl adjacent to an activating group) is 1. The van der Waals surface area contributed by atoms with Crippen molar-refractivity contribution in [2.45, 2.75) is 13.5 Å². The highest BCUT2D eigenvalue weighted by Gasteiger charge is 2.11. The van der Waals surface area contributed by atoms with Crippen LogP contribution in [0.3, 0.4) is 0 Å². The lowest BCUT2D eigenvalue weighted by Gasteiger charge is -2.11. The van der Waals surface area contributed by atoms with Gasteiger partial charge in [0, 0.05) is 13.1 Å². The maximum atomic E-state index is 12.3. The number of hydrogen-bond acceptors (Lipinski definition) is 5. The highest BCUT2D eigenvalue weighted by molar-refractivity contribution is 5.89. The van der Waals surface area contributed by atoms with E-state index in [9.17, 15) is 18.4 Å². The van der Waals surface area contributed by atoms with Gasteiger partial charge in [-0.15, -0.1) is 0 Å². The van der Waals surface area contributed by atoms with Gasteiger partial charge < -0.3 is 19.5 Å². The van der Waals surface area contributed by atoms with Crippen LogP contribution < -0.4 is 14.8 Å². The molecule has 0 atom stereocenters. The number of amides is 1. The zero-order valence-electron chi connectivity index (χ0n) is 12.7. The van der Waals surface area contributed by atoms with Crippen LogP contribution in [0.15, 0.2) is 24.3 Å². The number of carbonyl (C=O) groups is 2. The highest BCUT2D eigenvalue weighted by atomic mass is 19.3. The SMILES string of the molecule is CCOc1cc(/C=C/C(=O)OCC(=O)NC)ccc1OC(F)F. The van der Waals surface area contributed by atoms with E-state index in [1.807, 2.05) is 0 Å². The minimum absolute atomic E-state index is 0.0961. The van der Waals surface area contributed by atoms with Crippen molar-refractivity contribution in [3.05, 3.63) is 29.8 Å². The molecule has 1 aromatic carbocycles. The van der Waals surface area contributed by atoms with Gasteiger partial charge in [-0.25, -0.2) is 4.79 Å². The molecule has 0 aliphatic carbocycles. The van der Waals surface area contributed by atoms with Gasteiger partial charge in [0.1, 0.15) is 0 Å². The zero-order valence-corrected chi connectivity index (χ0v) is 12.7. The fourth-order valence-electron chi connectivity index (χ4n) is 1.51. The van der Waals surface area contributed by atoms with Crippen molar-refractivity contribution in [1.82, 2.24) is 5.32 Å². The molecular formula is C15H17F2NO5. The van der Waals surface area contributed by atoms with Crippen LogP contribution in [-0.4, -0.2) is 38.7 Å². The van der Waals surface area contributed by atoms with Gasteiger partial charge in [0.2, 0.25) is 0 Å². The summed E-state index contributed by atoms with van der Waals surface area (Å²) in [6, 6.07) is 4.24. The van der Waals surface area contributed by atoms with E-state index in [-0.39, 0.29) is 24.7 Å². The van der Waals surface area contributed by atoms with Crippen molar-refractivity contribution in [2.24, 2.45) is 0 Å². The van der Waals surface area contributed by atoms with Crippen LogP contribution in [-0.2, 0) is 14.3 Å². The molecule has 0 saturated heterocycles. The first-order valence-corrected chi connectivity index (χ1v) is 6.73. The van der Waals surface area contributed by atoms with Crippen LogP contribution in [0.1, 0.15) is 12.5 Å². The molecule has 0 aromatic heterocycles. The standard InChI is InChI=1S/C15H17F2NO5/c1-3-21-12-8-10(4-6-11(12)23-15(16)17)5-7-14(20)22-9-13(19)18-2/h4-8,15H,3,9H2,1-2H3,(H,18,19)/b7-5+.